The lowest BCUT2D eigenvalue weighted by Gasteiger charge is -2.05. The average Bonchev–Trinajstić information content (AvgIpc) is 2.58. The molecule has 0 unspecified atom stereocenters. The van der Waals surface area contributed by atoms with Crippen LogP contribution in [0.1, 0.15) is 9.67 Å². The highest BCUT2D eigenvalue weighted by Gasteiger charge is 2.17. The van der Waals surface area contributed by atoms with E-state index >= 15 is 0 Å². The summed E-state index contributed by atoms with van der Waals surface area (Å²) in [6.07, 6.45) is 0. The highest BCUT2D eigenvalue weighted by molar-refractivity contribution is 7.89. The first-order valence-electron chi connectivity index (χ1n) is 4.93. The molecule has 18 heavy (non-hydrogen) atoms. The van der Waals surface area contributed by atoms with Crippen molar-refractivity contribution in [3.8, 4) is 0 Å². The minimum absolute atomic E-state index is 0.0632. The second-order valence-electron chi connectivity index (χ2n) is 3.73. The molecule has 0 aliphatic heterocycles. The van der Waals surface area contributed by atoms with Crippen LogP contribution in [-0.4, -0.2) is 45.7 Å². The van der Waals surface area contributed by atoms with Crippen molar-refractivity contribution in [1.29, 1.82) is 0 Å². The van der Waals surface area contributed by atoms with Crippen LogP contribution in [0.5, 0.6) is 0 Å². The van der Waals surface area contributed by atoms with Crippen molar-refractivity contribution in [3.05, 3.63) is 4.88 Å². The van der Waals surface area contributed by atoms with Gasteiger partial charge in [-0.3, -0.25) is 4.79 Å². The van der Waals surface area contributed by atoms with Crippen molar-refractivity contribution in [1.82, 2.24) is 10.3 Å². The number of nitrogens with two attached hydrogens (primary N) is 2. The van der Waals surface area contributed by atoms with Gasteiger partial charge in [0.05, 0.1) is 5.75 Å². The van der Waals surface area contributed by atoms with E-state index in [-0.39, 0.29) is 23.0 Å². The summed E-state index contributed by atoms with van der Waals surface area (Å²) in [6.45, 7) is -0.0632. The predicted molar refractivity (Wildman–Crippen MR) is 71.2 cm³/mol. The Kier molecular flexibility index (Phi) is 4.48. The van der Waals surface area contributed by atoms with Gasteiger partial charge in [0.25, 0.3) is 5.91 Å². The van der Waals surface area contributed by atoms with Crippen LogP contribution in [0.25, 0.3) is 0 Å². The SMILES string of the molecule is CN(C)c1nc(N)c(C(=O)NCCS(N)(=O)=O)s1. The first kappa shape index (κ1) is 14.7. The summed E-state index contributed by atoms with van der Waals surface area (Å²) in [5.41, 5.74) is 5.61. The van der Waals surface area contributed by atoms with Gasteiger partial charge in [-0.25, -0.2) is 18.5 Å². The zero-order chi connectivity index (χ0) is 13.9. The number of carbonyl (C=O) groups excluding carboxylic acids is 1. The number of thiazole rings is 1. The monoisotopic (exact) mass is 293 g/mol. The number of amides is 1. The van der Waals surface area contributed by atoms with E-state index in [2.05, 4.69) is 10.3 Å². The topological polar surface area (TPSA) is 131 Å². The van der Waals surface area contributed by atoms with Gasteiger partial charge >= 0.3 is 0 Å². The van der Waals surface area contributed by atoms with Crippen LogP contribution in [0.15, 0.2) is 0 Å². The molecule has 0 spiro atoms. The zero-order valence-corrected chi connectivity index (χ0v) is 11.6. The van der Waals surface area contributed by atoms with Crippen LogP contribution < -0.4 is 21.1 Å². The van der Waals surface area contributed by atoms with Gasteiger partial charge in [-0.1, -0.05) is 11.3 Å². The first-order chi connectivity index (χ1) is 8.20. The molecule has 0 aliphatic carbocycles. The lowest BCUT2D eigenvalue weighted by Crippen LogP contribution is -2.31. The van der Waals surface area contributed by atoms with Crippen LogP contribution in [0, 0.1) is 0 Å². The van der Waals surface area contributed by atoms with E-state index in [9.17, 15) is 13.2 Å². The van der Waals surface area contributed by atoms with Crippen LogP contribution in [0.4, 0.5) is 10.9 Å². The maximum Gasteiger partial charge on any atom is 0.265 e. The third-order valence-electron chi connectivity index (χ3n) is 1.90. The zero-order valence-electron chi connectivity index (χ0n) is 10.0. The Morgan fingerprint density at radius 2 is 2.11 bits per heavy atom. The van der Waals surface area contributed by atoms with Crippen molar-refractivity contribution < 1.29 is 13.2 Å². The van der Waals surface area contributed by atoms with E-state index in [1.165, 1.54) is 0 Å². The summed E-state index contributed by atoms with van der Waals surface area (Å²) >= 11 is 1.13. The molecule has 0 saturated carbocycles. The number of sulfonamides is 1. The molecule has 0 radical (unpaired) electrons. The number of nitrogens with one attached hydrogen (secondary N) is 1. The molecule has 0 aromatic carbocycles. The Balaban J connectivity index is 2.67. The number of carbonyl (C=O) groups is 1. The largest absolute Gasteiger partial charge is 0.382 e. The van der Waals surface area contributed by atoms with Crippen molar-refractivity contribution in [2.45, 2.75) is 0 Å². The summed E-state index contributed by atoms with van der Waals surface area (Å²) < 4.78 is 21.4. The van der Waals surface area contributed by atoms with E-state index in [0.717, 1.165) is 11.3 Å². The number of hydrogen-bond donors (Lipinski definition) is 3. The molecule has 1 rings (SSSR count). The molecular weight excluding hydrogens is 278 g/mol. The minimum Gasteiger partial charge on any atom is -0.382 e. The van der Waals surface area contributed by atoms with E-state index in [0.29, 0.717) is 5.13 Å². The molecular formula is C8H15N5O3S2. The van der Waals surface area contributed by atoms with Crippen molar-refractivity contribution in [2.24, 2.45) is 5.14 Å². The van der Waals surface area contributed by atoms with E-state index in [1.54, 1.807) is 19.0 Å². The van der Waals surface area contributed by atoms with Gasteiger partial charge in [-0.2, -0.15) is 0 Å². The highest BCUT2D eigenvalue weighted by atomic mass is 32.2. The van der Waals surface area contributed by atoms with Gasteiger partial charge in [0, 0.05) is 20.6 Å². The summed E-state index contributed by atoms with van der Waals surface area (Å²) in [5, 5.41) is 7.84. The molecule has 102 valence electrons. The smallest absolute Gasteiger partial charge is 0.265 e. The molecule has 0 aliphatic rings. The summed E-state index contributed by atoms with van der Waals surface area (Å²) in [5.74, 6) is -0.656. The quantitative estimate of drug-likeness (QED) is 0.625. The first-order valence-corrected chi connectivity index (χ1v) is 7.46. The lowest BCUT2D eigenvalue weighted by molar-refractivity contribution is 0.0961. The molecule has 0 bridgehead atoms. The molecule has 1 heterocycles. The molecule has 1 amide bonds. The Labute approximate surface area is 109 Å². The molecule has 10 heteroatoms. The fraction of sp³-hybridized carbons (Fsp3) is 0.500. The summed E-state index contributed by atoms with van der Waals surface area (Å²) in [6, 6.07) is 0. The molecule has 0 atom stereocenters. The maximum atomic E-state index is 11.7. The molecule has 0 fully saturated rings. The predicted octanol–water partition coefficient (Wildman–Crippen LogP) is -1.19. The summed E-state index contributed by atoms with van der Waals surface area (Å²) in [4.78, 5) is 17.7. The van der Waals surface area contributed by atoms with Crippen molar-refractivity contribution in [2.75, 3.05) is 37.0 Å². The molecule has 1 aromatic heterocycles. The number of hydrogen-bond acceptors (Lipinski definition) is 7. The van der Waals surface area contributed by atoms with Gasteiger partial charge in [0.15, 0.2) is 5.13 Å². The van der Waals surface area contributed by atoms with Crippen LogP contribution >= 0.6 is 11.3 Å². The fourth-order valence-corrected chi connectivity index (χ4v) is 2.27. The summed E-state index contributed by atoms with van der Waals surface area (Å²) in [7, 11) is -0.0293. The minimum atomic E-state index is -3.59. The fourth-order valence-electron chi connectivity index (χ4n) is 1.06. The van der Waals surface area contributed by atoms with E-state index in [1.807, 2.05) is 0 Å². The van der Waals surface area contributed by atoms with Crippen LogP contribution in [0.3, 0.4) is 0 Å². The van der Waals surface area contributed by atoms with Gasteiger partial charge in [0.2, 0.25) is 10.0 Å². The van der Waals surface area contributed by atoms with Crippen LogP contribution in [-0.2, 0) is 10.0 Å². The van der Waals surface area contributed by atoms with Gasteiger partial charge in [-0.15, -0.1) is 0 Å². The van der Waals surface area contributed by atoms with Gasteiger partial charge < -0.3 is 16.0 Å². The number of nitrogen functional groups attached to an aromatic ring is 1. The van der Waals surface area contributed by atoms with Gasteiger partial charge in [0.1, 0.15) is 10.7 Å². The second-order valence-corrected chi connectivity index (χ2v) is 6.44. The highest BCUT2D eigenvalue weighted by Crippen LogP contribution is 2.26. The standard InChI is InChI=1S/C8H15N5O3S2/c1-13(2)8-12-6(9)5(17-8)7(14)11-3-4-18(10,15)16/h3-4,9H2,1-2H3,(H,11,14)(H2,10,15,16). The Hall–Kier alpha value is -1.39. The number of anilines is 2. The van der Waals surface area contributed by atoms with Crippen molar-refractivity contribution in [3.63, 3.8) is 0 Å². The Morgan fingerprint density at radius 3 is 2.56 bits per heavy atom. The normalized spacial score (nSPS) is 11.3. The average molecular weight is 293 g/mol. The maximum absolute atomic E-state index is 11.7. The Morgan fingerprint density at radius 1 is 1.50 bits per heavy atom. The second kappa shape index (κ2) is 5.50. The lowest BCUT2D eigenvalue weighted by atomic mass is 10.4. The van der Waals surface area contributed by atoms with Crippen molar-refractivity contribution >= 4 is 38.2 Å². The number of nitrogens with zero attached hydrogens (tertiary/aromatic N) is 2. The Bertz CT molecular complexity index is 537. The third kappa shape index (κ3) is 4.13. The molecule has 1 aromatic rings. The van der Waals surface area contributed by atoms with Crippen LogP contribution in [0.2, 0.25) is 0 Å². The molecule has 8 nitrogen and oxygen atoms in total. The third-order valence-corrected chi connectivity index (χ3v) is 3.91. The number of rotatable bonds is 5. The van der Waals surface area contributed by atoms with E-state index < -0.39 is 15.9 Å². The molecule has 0 saturated heterocycles. The van der Waals surface area contributed by atoms with E-state index in [4.69, 9.17) is 10.9 Å². The number of primary sulfonamides is 1. The van der Waals surface area contributed by atoms with Gasteiger partial charge in [-0.05, 0) is 0 Å². The molecule has 5 N–H and O–H groups in total. The number of aromatic nitrogens is 1.